The summed E-state index contributed by atoms with van der Waals surface area (Å²) in [5.74, 6) is 0. The molecule has 3 nitrogen and oxygen atoms in total. The summed E-state index contributed by atoms with van der Waals surface area (Å²) in [5, 5.41) is 6.46. The molecule has 15 heavy (non-hydrogen) atoms. The summed E-state index contributed by atoms with van der Waals surface area (Å²) in [7, 11) is 1.71. The van der Waals surface area contributed by atoms with E-state index in [9.17, 15) is 13.2 Å². The first-order valence-electron chi connectivity index (χ1n) is 4.73. The van der Waals surface area contributed by atoms with Crippen LogP contribution in [0.25, 0.3) is 0 Å². The molecule has 2 rings (SSSR count). The van der Waals surface area contributed by atoms with Gasteiger partial charge in [-0.1, -0.05) is 0 Å². The van der Waals surface area contributed by atoms with Crippen molar-refractivity contribution in [2.24, 2.45) is 7.05 Å². The highest BCUT2D eigenvalue weighted by atomic mass is 19.4. The molecule has 1 heterocycles. The first-order valence-corrected chi connectivity index (χ1v) is 4.73. The Morgan fingerprint density at radius 2 is 2.20 bits per heavy atom. The topological polar surface area (TPSA) is 29.9 Å². The molecular weight excluding hydrogens is 207 g/mol. The third kappa shape index (κ3) is 1.86. The molecule has 0 amide bonds. The lowest BCUT2D eigenvalue weighted by Gasteiger charge is -2.20. The molecule has 1 saturated carbocycles. The van der Waals surface area contributed by atoms with Gasteiger partial charge in [0.25, 0.3) is 0 Å². The molecule has 1 aliphatic rings. The van der Waals surface area contributed by atoms with Gasteiger partial charge < -0.3 is 0 Å². The van der Waals surface area contributed by atoms with Crippen molar-refractivity contribution in [3.63, 3.8) is 0 Å². The lowest BCUT2D eigenvalue weighted by molar-refractivity contribution is -0.166. The minimum absolute atomic E-state index is 0.175. The Labute approximate surface area is 85.3 Å². The predicted molar refractivity (Wildman–Crippen MR) is 48.1 cm³/mol. The number of alkyl halides is 3. The van der Waals surface area contributed by atoms with Gasteiger partial charge in [-0.2, -0.15) is 18.3 Å². The number of halogens is 3. The number of aryl methyl sites for hydroxylation is 1. The summed E-state index contributed by atoms with van der Waals surface area (Å²) in [5.41, 5.74) is -0.886. The third-order valence-electron chi connectivity index (χ3n) is 2.82. The molecule has 84 valence electrons. The quantitative estimate of drug-likeness (QED) is 0.836. The Hall–Kier alpha value is -1.04. The van der Waals surface area contributed by atoms with Crippen LogP contribution in [-0.4, -0.2) is 21.5 Å². The molecule has 0 bridgehead atoms. The van der Waals surface area contributed by atoms with Crippen LogP contribution in [0.4, 0.5) is 13.2 Å². The summed E-state index contributed by atoms with van der Waals surface area (Å²) in [6.07, 6.45) is -2.22. The van der Waals surface area contributed by atoms with Crippen LogP contribution < -0.4 is 5.32 Å². The van der Waals surface area contributed by atoms with Crippen molar-refractivity contribution in [2.75, 3.05) is 0 Å². The molecule has 0 atom stereocenters. The molecule has 1 aliphatic carbocycles. The van der Waals surface area contributed by atoms with E-state index in [1.54, 1.807) is 24.0 Å². The minimum atomic E-state index is -4.15. The van der Waals surface area contributed by atoms with Gasteiger partial charge in [-0.05, 0) is 18.9 Å². The van der Waals surface area contributed by atoms with Gasteiger partial charge in [-0.3, -0.25) is 10.00 Å². The molecule has 1 aromatic rings. The zero-order valence-corrected chi connectivity index (χ0v) is 8.30. The largest absolute Gasteiger partial charge is 0.406 e. The summed E-state index contributed by atoms with van der Waals surface area (Å²) in [6.45, 7) is 0.204. The van der Waals surface area contributed by atoms with E-state index in [0.717, 1.165) is 5.69 Å². The molecule has 0 saturated heterocycles. The lowest BCUT2D eigenvalue weighted by atomic mass is 10.2. The Balaban J connectivity index is 1.97. The van der Waals surface area contributed by atoms with Crippen LogP contribution in [0.2, 0.25) is 0 Å². The SMILES string of the molecule is Cn1nccc1CNC1(C(F)(F)F)CC1. The summed E-state index contributed by atoms with van der Waals surface area (Å²) in [4.78, 5) is 0. The van der Waals surface area contributed by atoms with Crippen LogP contribution in [-0.2, 0) is 13.6 Å². The van der Waals surface area contributed by atoms with Gasteiger partial charge >= 0.3 is 6.18 Å². The Bertz CT molecular complexity index is 352. The fourth-order valence-electron chi connectivity index (χ4n) is 1.52. The van der Waals surface area contributed by atoms with Crippen LogP contribution in [0.3, 0.4) is 0 Å². The number of nitrogens with one attached hydrogen (secondary N) is 1. The van der Waals surface area contributed by atoms with E-state index in [-0.39, 0.29) is 19.4 Å². The lowest BCUT2D eigenvalue weighted by Crippen LogP contribution is -2.44. The molecular formula is C9H12F3N3. The van der Waals surface area contributed by atoms with Crippen LogP contribution in [0, 0.1) is 0 Å². The number of nitrogens with zero attached hydrogens (tertiary/aromatic N) is 2. The van der Waals surface area contributed by atoms with E-state index >= 15 is 0 Å². The highest BCUT2D eigenvalue weighted by Crippen LogP contribution is 2.48. The predicted octanol–water partition coefficient (Wildman–Crippen LogP) is 1.60. The van der Waals surface area contributed by atoms with Crippen LogP contribution in [0.5, 0.6) is 0 Å². The van der Waals surface area contributed by atoms with E-state index in [2.05, 4.69) is 10.4 Å². The number of aromatic nitrogens is 2. The maximum Gasteiger partial charge on any atom is 0.406 e. The van der Waals surface area contributed by atoms with E-state index in [1.165, 1.54) is 0 Å². The van der Waals surface area contributed by atoms with Gasteiger partial charge in [0, 0.05) is 19.8 Å². The zero-order chi connectivity index (χ0) is 11.1. The number of hydrogen-bond acceptors (Lipinski definition) is 2. The maximum atomic E-state index is 12.5. The second kappa shape index (κ2) is 3.23. The first kappa shape index (κ1) is 10.5. The van der Waals surface area contributed by atoms with Crippen LogP contribution in [0.1, 0.15) is 18.5 Å². The first-order chi connectivity index (χ1) is 6.95. The average Bonchev–Trinajstić information content (AvgIpc) is 2.82. The second-order valence-electron chi connectivity index (χ2n) is 3.88. The Kier molecular flexibility index (Phi) is 2.26. The summed E-state index contributed by atoms with van der Waals surface area (Å²) >= 11 is 0. The molecule has 1 N–H and O–H groups in total. The fourth-order valence-corrected chi connectivity index (χ4v) is 1.52. The summed E-state index contributed by atoms with van der Waals surface area (Å²) in [6, 6.07) is 1.71. The van der Waals surface area contributed by atoms with E-state index in [0.29, 0.717) is 0 Å². The molecule has 0 unspecified atom stereocenters. The minimum Gasteiger partial charge on any atom is -0.298 e. The van der Waals surface area contributed by atoms with Gasteiger partial charge in [-0.15, -0.1) is 0 Å². The smallest absolute Gasteiger partial charge is 0.298 e. The van der Waals surface area contributed by atoms with Crippen molar-refractivity contribution in [3.8, 4) is 0 Å². The molecule has 0 aliphatic heterocycles. The van der Waals surface area contributed by atoms with Crippen molar-refractivity contribution in [1.29, 1.82) is 0 Å². The standard InChI is InChI=1S/C9H12F3N3/c1-15-7(2-5-14-15)6-13-8(3-4-8)9(10,11)12/h2,5,13H,3-4,6H2,1H3. The molecule has 1 aromatic heterocycles. The molecule has 0 spiro atoms. The third-order valence-corrected chi connectivity index (χ3v) is 2.82. The highest BCUT2D eigenvalue weighted by molar-refractivity contribution is 5.10. The molecule has 1 fully saturated rings. The molecule has 0 aromatic carbocycles. The van der Waals surface area contributed by atoms with Crippen molar-refractivity contribution in [2.45, 2.75) is 31.1 Å². The van der Waals surface area contributed by atoms with Crippen molar-refractivity contribution in [1.82, 2.24) is 15.1 Å². The van der Waals surface area contributed by atoms with Gasteiger partial charge in [0.15, 0.2) is 0 Å². The Morgan fingerprint density at radius 1 is 1.53 bits per heavy atom. The zero-order valence-electron chi connectivity index (χ0n) is 8.30. The van der Waals surface area contributed by atoms with E-state index in [4.69, 9.17) is 0 Å². The van der Waals surface area contributed by atoms with Crippen LogP contribution >= 0.6 is 0 Å². The van der Waals surface area contributed by atoms with E-state index < -0.39 is 11.7 Å². The highest BCUT2D eigenvalue weighted by Gasteiger charge is 2.62. The Morgan fingerprint density at radius 3 is 2.60 bits per heavy atom. The monoisotopic (exact) mass is 219 g/mol. The van der Waals surface area contributed by atoms with E-state index in [1.807, 2.05) is 0 Å². The van der Waals surface area contributed by atoms with Gasteiger partial charge in [0.2, 0.25) is 0 Å². The maximum absolute atomic E-state index is 12.5. The van der Waals surface area contributed by atoms with Gasteiger partial charge in [-0.25, -0.2) is 0 Å². The van der Waals surface area contributed by atoms with Crippen molar-refractivity contribution < 1.29 is 13.2 Å². The number of rotatable bonds is 3. The normalized spacial score (nSPS) is 19.2. The molecule has 0 radical (unpaired) electrons. The second-order valence-corrected chi connectivity index (χ2v) is 3.88. The van der Waals surface area contributed by atoms with Gasteiger partial charge in [0.05, 0.1) is 5.69 Å². The fraction of sp³-hybridized carbons (Fsp3) is 0.667. The average molecular weight is 219 g/mol. The van der Waals surface area contributed by atoms with Crippen LogP contribution in [0.15, 0.2) is 12.3 Å². The van der Waals surface area contributed by atoms with Gasteiger partial charge in [0.1, 0.15) is 5.54 Å². The molecule has 6 heteroatoms. The van der Waals surface area contributed by atoms with Crippen molar-refractivity contribution in [3.05, 3.63) is 18.0 Å². The van der Waals surface area contributed by atoms with Crippen molar-refractivity contribution >= 4 is 0 Å². The summed E-state index contributed by atoms with van der Waals surface area (Å²) < 4.78 is 39.2. The number of hydrogen-bond donors (Lipinski definition) is 1.